The van der Waals surface area contributed by atoms with Crippen molar-refractivity contribution >= 4 is 11.6 Å². The van der Waals surface area contributed by atoms with E-state index in [0.29, 0.717) is 12.5 Å². The molecule has 4 nitrogen and oxygen atoms in total. The van der Waals surface area contributed by atoms with Crippen molar-refractivity contribution in [1.29, 1.82) is 0 Å². The molecule has 0 aliphatic heterocycles. The zero-order valence-corrected chi connectivity index (χ0v) is 8.78. The molecule has 15 heavy (non-hydrogen) atoms. The number of nitrogens with zero attached hydrogens (tertiary/aromatic N) is 3. The van der Waals surface area contributed by atoms with Gasteiger partial charge in [0.2, 0.25) is 5.95 Å². The summed E-state index contributed by atoms with van der Waals surface area (Å²) in [6.07, 6.45) is 1.88. The van der Waals surface area contributed by atoms with Gasteiger partial charge in [-0.1, -0.05) is 12.0 Å². The molecule has 0 fully saturated rings. The van der Waals surface area contributed by atoms with Crippen LogP contribution in [0.15, 0.2) is 18.3 Å². The molecule has 2 heterocycles. The minimum absolute atomic E-state index is 0.576. The molecule has 0 amide bonds. The molecule has 2 aromatic heterocycles. The van der Waals surface area contributed by atoms with Crippen LogP contribution in [0.25, 0.3) is 5.65 Å². The highest BCUT2D eigenvalue weighted by Gasteiger charge is 2.03. The molecular weight excluding hydrogens is 188 g/mol. The fourth-order valence-electron chi connectivity index (χ4n) is 1.33. The Kier molecular flexibility index (Phi) is 2.55. The van der Waals surface area contributed by atoms with Gasteiger partial charge in [0.25, 0.3) is 0 Å². The van der Waals surface area contributed by atoms with Gasteiger partial charge in [0.05, 0.1) is 6.54 Å². The fourth-order valence-corrected chi connectivity index (χ4v) is 1.33. The van der Waals surface area contributed by atoms with Crippen LogP contribution in [0.2, 0.25) is 0 Å². The summed E-state index contributed by atoms with van der Waals surface area (Å²) in [6.45, 7) is 4.40. The highest BCUT2D eigenvalue weighted by atomic mass is 15.3. The highest BCUT2D eigenvalue weighted by Crippen LogP contribution is 2.09. The van der Waals surface area contributed by atoms with Gasteiger partial charge in [0, 0.05) is 6.20 Å². The first-order valence-corrected chi connectivity index (χ1v) is 4.77. The molecule has 0 aliphatic rings. The van der Waals surface area contributed by atoms with Gasteiger partial charge in [-0.3, -0.25) is 0 Å². The van der Waals surface area contributed by atoms with Crippen molar-refractivity contribution in [1.82, 2.24) is 14.6 Å². The SMILES string of the molecule is CC#CCNc1nc2c(C)cccn2n1. The first-order chi connectivity index (χ1) is 7.31. The van der Waals surface area contributed by atoms with Crippen LogP contribution < -0.4 is 5.32 Å². The van der Waals surface area contributed by atoms with Crippen molar-refractivity contribution in [2.24, 2.45) is 0 Å². The molecule has 2 rings (SSSR count). The van der Waals surface area contributed by atoms with Crippen LogP contribution in [-0.2, 0) is 0 Å². The Hall–Kier alpha value is -2.02. The standard InChI is InChI=1S/C11H12N4/c1-3-4-7-12-11-13-10-9(2)6-5-8-15(10)14-11/h5-6,8H,7H2,1-2H3,(H,12,14). The normalized spacial score (nSPS) is 9.73. The monoisotopic (exact) mass is 200 g/mol. The Balaban J connectivity index is 2.29. The largest absolute Gasteiger partial charge is 0.342 e. The average Bonchev–Trinajstić information content (AvgIpc) is 2.63. The molecule has 0 aromatic carbocycles. The van der Waals surface area contributed by atoms with Crippen LogP contribution in [0, 0.1) is 18.8 Å². The van der Waals surface area contributed by atoms with Gasteiger partial charge < -0.3 is 5.32 Å². The zero-order valence-electron chi connectivity index (χ0n) is 8.78. The van der Waals surface area contributed by atoms with Gasteiger partial charge in [0.1, 0.15) is 0 Å². The number of rotatable bonds is 2. The molecule has 76 valence electrons. The predicted molar refractivity (Wildman–Crippen MR) is 59.7 cm³/mol. The lowest BCUT2D eigenvalue weighted by Gasteiger charge is -1.91. The van der Waals surface area contributed by atoms with Crippen molar-refractivity contribution in [2.75, 3.05) is 11.9 Å². The molecule has 1 N–H and O–H groups in total. The van der Waals surface area contributed by atoms with Gasteiger partial charge in [-0.2, -0.15) is 4.98 Å². The third-order valence-electron chi connectivity index (χ3n) is 2.07. The summed E-state index contributed by atoms with van der Waals surface area (Å²) >= 11 is 0. The van der Waals surface area contributed by atoms with E-state index in [4.69, 9.17) is 0 Å². The fraction of sp³-hybridized carbons (Fsp3) is 0.273. The molecule has 0 atom stereocenters. The second-order valence-corrected chi connectivity index (χ2v) is 3.18. The second-order valence-electron chi connectivity index (χ2n) is 3.18. The average molecular weight is 200 g/mol. The number of hydrogen-bond acceptors (Lipinski definition) is 3. The smallest absolute Gasteiger partial charge is 0.243 e. The van der Waals surface area contributed by atoms with E-state index in [2.05, 4.69) is 27.2 Å². The Morgan fingerprint density at radius 3 is 3.13 bits per heavy atom. The first-order valence-electron chi connectivity index (χ1n) is 4.77. The number of fused-ring (bicyclic) bond motifs is 1. The number of anilines is 1. The molecule has 0 unspecified atom stereocenters. The van der Waals surface area contributed by atoms with E-state index in [0.717, 1.165) is 11.2 Å². The van der Waals surface area contributed by atoms with E-state index in [9.17, 15) is 0 Å². The Morgan fingerprint density at radius 2 is 2.40 bits per heavy atom. The number of pyridine rings is 1. The zero-order chi connectivity index (χ0) is 10.7. The van der Waals surface area contributed by atoms with Crippen molar-refractivity contribution in [3.05, 3.63) is 23.9 Å². The lowest BCUT2D eigenvalue weighted by Crippen LogP contribution is -2.00. The summed E-state index contributed by atoms with van der Waals surface area (Å²) in [5, 5.41) is 7.32. The lowest BCUT2D eigenvalue weighted by molar-refractivity contribution is 0.955. The molecule has 4 heteroatoms. The molecule has 0 bridgehead atoms. The molecular formula is C11H12N4. The molecule has 2 aromatic rings. The van der Waals surface area contributed by atoms with Gasteiger partial charge in [-0.15, -0.1) is 11.0 Å². The summed E-state index contributed by atoms with van der Waals surface area (Å²) < 4.78 is 1.76. The van der Waals surface area contributed by atoms with Crippen molar-refractivity contribution in [3.8, 4) is 11.8 Å². The van der Waals surface area contributed by atoms with Crippen LogP contribution in [0.3, 0.4) is 0 Å². The Labute approximate surface area is 88.3 Å². The Bertz CT molecular complexity index is 530. The van der Waals surface area contributed by atoms with E-state index in [1.165, 1.54) is 0 Å². The number of nitrogens with one attached hydrogen (secondary N) is 1. The summed E-state index contributed by atoms with van der Waals surface area (Å²) in [5.41, 5.74) is 1.99. The maximum Gasteiger partial charge on any atom is 0.243 e. The minimum atomic E-state index is 0.576. The third kappa shape index (κ3) is 1.91. The van der Waals surface area contributed by atoms with Crippen LogP contribution in [0.4, 0.5) is 5.95 Å². The number of hydrogen-bond donors (Lipinski definition) is 1. The maximum atomic E-state index is 4.36. The second kappa shape index (κ2) is 4.01. The van der Waals surface area contributed by atoms with Gasteiger partial charge in [0.15, 0.2) is 5.65 Å². The summed E-state index contributed by atoms with van der Waals surface area (Å²) in [7, 11) is 0. The molecule has 0 radical (unpaired) electrons. The van der Waals surface area contributed by atoms with E-state index < -0.39 is 0 Å². The van der Waals surface area contributed by atoms with E-state index in [-0.39, 0.29) is 0 Å². The lowest BCUT2D eigenvalue weighted by atomic mass is 10.3. The highest BCUT2D eigenvalue weighted by molar-refractivity contribution is 5.49. The first kappa shape index (κ1) is 9.53. The molecule has 0 aliphatic carbocycles. The predicted octanol–water partition coefficient (Wildman–Crippen LogP) is 1.47. The van der Waals surface area contributed by atoms with Gasteiger partial charge in [-0.25, -0.2) is 4.52 Å². The maximum absolute atomic E-state index is 4.36. The van der Waals surface area contributed by atoms with E-state index >= 15 is 0 Å². The van der Waals surface area contributed by atoms with Crippen LogP contribution >= 0.6 is 0 Å². The van der Waals surface area contributed by atoms with Crippen molar-refractivity contribution < 1.29 is 0 Å². The molecule has 0 spiro atoms. The van der Waals surface area contributed by atoms with Crippen LogP contribution in [0.5, 0.6) is 0 Å². The van der Waals surface area contributed by atoms with Gasteiger partial charge >= 0.3 is 0 Å². The van der Waals surface area contributed by atoms with Crippen LogP contribution in [-0.4, -0.2) is 21.1 Å². The summed E-state index contributed by atoms with van der Waals surface area (Å²) in [6, 6.07) is 3.96. The summed E-state index contributed by atoms with van der Waals surface area (Å²) in [5.74, 6) is 6.33. The number of aromatic nitrogens is 3. The third-order valence-corrected chi connectivity index (χ3v) is 2.07. The van der Waals surface area contributed by atoms with E-state index in [1.54, 1.807) is 4.52 Å². The topological polar surface area (TPSA) is 42.2 Å². The van der Waals surface area contributed by atoms with Crippen molar-refractivity contribution in [3.63, 3.8) is 0 Å². The van der Waals surface area contributed by atoms with E-state index in [1.807, 2.05) is 32.2 Å². The summed E-state index contributed by atoms with van der Waals surface area (Å²) in [4.78, 5) is 4.36. The minimum Gasteiger partial charge on any atom is -0.342 e. The molecule has 0 saturated carbocycles. The number of aryl methyl sites for hydroxylation is 1. The van der Waals surface area contributed by atoms with Crippen molar-refractivity contribution in [2.45, 2.75) is 13.8 Å². The van der Waals surface area contributed by atoms with Crippen LogP contribution in [0.1, 0.15) is 12.5 Å². The molecule has 0 saturated heterocycles. The Morgan fingerprint density at radius 1 is 1.53 bits per heavy atom. The van der Waals surface area contributed by atoms with Gasteiger partial charge in [-0.05, 0) is 25.5 Å². The quantitative estimate of drug-likeness (QED) is 0.746.